The van der Waals surface area contributed by atoms with Gasteiger partial charge >= 0.3 is 0 Å². The Morgan fingerprint density at radius 2 is 1.88 bits per heavy atom. The highest BCUT2D eigenvalue weighted by Gasteiger charge is 2.04. The van der Waals surface area contributed by atoms with Crippen LogP contribution in [0.2, 0.25) is 0 Å². The molecule has 1 aromatic carbocycles. The second kappa shape index (κ2) is 6.10. The molecule has 0 radical (unpaired) electrons. The van der Waals surface area contributed by atoms with Gasteiger partial charge in [0.25, 0.3) is 0 Å². The summed E-state index contributed by atoms with van der Waals surface area (Å²) in [5, 5.41) is 12.4. The molecule has 90 valence electrons. The van der Waals surface area contributed by atoms with E-state index in [1.807, 2.05) is 30.3 Å². The van der Waals surface area contributed by atoms with E-state index in [4.69, 9.17) is 5.73 Å². The van der Waals surface area contributed by atoms with Gasteiger partial charge in [-0.3, -0.25) is 0 Å². The van der Waals surface area contributed by atoms with Gasteiger partial charge in [-0.1, -0.05) is 36.8 Å². The van der Waals surface area contributed by atoms with Crippen LogP contribution in [0.1, 0.15) is 19.3 Å². The van der Waals surface area contributed by atoms with Gasteiger partial charge < -0.3 is 5.73 Å². The number of hydrogen-bond acceptors (Lipinski definition) is 4. The van der Waals surface area contributed by atoms with E-state index in [0.29, 0.717) is 5.82 Å². The molecule has 0 unspecified atom stereocenters. The van der Waals surface area contributed by atoms with Crippen molar-refractivity contribution in [3.63, 3.8) is 0 Å². The number of unbranched alkanes of at least 4 members (excludes halogenated alkanes) is 2. The molecule has 0 atom stereocenters. The van der Waals surface area contributed by atoms with E-state index in [9.17, 15) is 0 Å². The lowest BCUT2D eigenvalue weighted by Gasteiger charge is -1.97. The lowest BCUT2D eigenvalue weighted by atomic mass is 10.2. The Morgan fingerprint density at radius 3 is 2.65 bits per heavy atom. The molecule has 0 amide bonds. The molecule has 0 fully saturated rings. The SMILES string of the molecule is NCCCCCn1nnc(-c2ccccc2)n1. The molecule has 0 aliphatic heterocycles. The Hall–Kier alpha value is -1.75. The average molecular weight is 231 g/mol. The van der Waals surface area contributed by atoms with E-state index in [0.717, 1.165) is 37.9 Å². The van der Waals surface area contributed by atoms with Crippen LogP contribution in [0.25, 0.3) is 11.4 Å². The van der Waals surface area contributed by atoms with Crippen molar-refractivity contribution in [3.8, 4) is 11.4 Å². The van der Waals surface area contributed by atoms with Gasteiger partial charge in [0.05, 0.1) is 6.54 Å². The molecule has 0 aliphatic rings. The summed E-state index contributed by atoms with van der Waals surface area (Å²) in [5.74, 6) is 0.685. The summed E-state index contributed by atoms with van der Waals surface area (Å²) >= 11 is 0. The molecule has 0 saturated carbocycles. The zero-order chi connectivity index (χ0) is 11.9. The van der Waals surface area contributed by atoms with Crippen LogP contribution in [0.4, 0.5) is 0 Å². The third kappa shape index (κ3) is 3.35. The first-order chi connectivity index (χ1) is 8.40. The van der Waals surface area contributed by atoms with Crippen molar-refractivity contribution >= 4 is 0 Å². The highest BCUT2D eigenvalue weighted by Crippen LogP contribution is 2.11. The minimum atomic E-state index is 0.685. The molecule has 1 heterocycles. The van der Waals surface area contributed by atoms with Crippen molar-refractivity contribution in [3.05, 3.63) is 30.3 Å². The van der Waals surface area contributed by atoms with Gasteiger partial charge in [-0.05, 0) is 24.6 Å². The second-order valence-electron chi connectivity index (χ2n) is 3.92. The fourth-order valence-electron chi connectivity index (χ4n) is 1.62. The topological polar surface area (TPSA) is 69.6 Å². The summed E-state index contributed by atoms with van der Waals surface area (Å²) in [4.78, 5) is 1.65. The minimum Gasteiger partial charge on any atom is -0.330 e. The quantitative estimate of drug-likeness (QED) is 0.764. The predicted molar refractivity (Wildman–Crippen MR) is 66.2 cm³/mol. The maximum Gasteiger partial charge on any atom is 0.204 e. The molecule has 1 aromatic heterocycles. The van der Waals surface area contributed by atoms with Crippen molar-refractivity contribution in [2.24, 2.45) is 5.73 Å². The first-order valence-electron chi connectivity index (χ1n) is 5.93. The maximum atomic E-state index is 5.44. The molecule has 0 bridgehead atoms. The maximum absolute atomic E-state index is 5.44. The number of nitrogens with two attached hydrogens (primary N) is 1. The third-order valence-corrected chi connectivity index (χ3v) is 2.55. The van der Waals surface area contributed by atoms with Gasteiger partial charge in [-0.25, -0.2) is 0 Å². The van der Waals surface area contributed by atoms with Crippen LogP contribution in [0.3, 0.4) is 0 Å². The van der Waals surface area contributed by atoms with Gasteiger partial charge in [0, 0.05) is 5.56 Å². The zero-order valence-corrected chi connectivity index (χ0v) is 9.79. The van der Waals surface area contributed by atoms with E-state index in [1.54, 1.807) is 4.80 Å². The number of aryl methyl sites for hydroxylation is 1. The van der Waals surface area contributed by atoms with E-state index in [-0.39, 0.29) is 0 Å². The van der Waals surface area contributed by atoms with Gasteiger partial charge in [-0.15, -0.1) is 10.2 Å². The van der Waals surface area contributed by atoms with Crippen LogP contribution in [0, 0.1) is 0 Å². The second-order valence-corrected chi connectivity index (χ2v) is 3.92. The van der Waals surface area contributed by atoms with E-state index in [2.05, 4.69) is 15.4 Å². The normalized spacial score (nSPS) is 10.6. The van der Waals surface area contributed by atoms with Crippen LogP contribution < -0.4 is 5.73 Å². The number of tetrazole rings is 1. The summed E-state index contributed by atoms with van der Waals surface area (Å²) in [6.45, 7) is 1.56. The molecule has 0 aliphatic carbocycles. The van der Waals surface area contributed by atoms with Crippen molar-refractivity contribution in [1.29, 1.82) is 0 Å². The molecule has 0 saturated heterocycles. The van der Waals surface area contributed by atoms with E-state index < -0.39 is 0 Å². The smallest absolute Gasteiger partial charge is 0.204 e. The molecule has 2 rings (SSSR count). The summed E-state index contributed by atoms with van der Waals surface area (Å²) in [6.07, 6.45) is 3.21. The summed E-state index contributed by atoms with van der Waals surface area (Å²) in [6, 6.07) is 9.88. The highest BCUT2D eigenvalue weighted by molar-refractivity contribution is 5.52. The third-order valence-electron chi connectivity index (χ3n) is 2.55. The van der Waals surface area contributed by atoms with Crippen molar-refractivity contribution in [2.75, 3.05) is 6.54 Å². The average Bonchev–Trinajstić information content (AvgIpc) is 2.85. The van der Waals surface area contributed by atoms with Crippen LogP contribution >= 0.6 is 0 Å². The Balaban J connectivity index is 1.92. The molecule has 5 heteroatoms. The highest BCUT2D eigenvalue weighted by atomic mass is 15.6. The Morgan fingerprint density at radius 1 is 1.06 bits per heavy atom. The first kappa shape index (κ1) is 11.7. The number of aromatic nitrogens is 4. The van der Waals surface area contributed by atoms with Gasteiger partial charge in [0.15, 0.2) is 0 Å². The summed E-state index contributed by atoms with van der Waals surface area (Å²) in [7, 11) is 0. The molecule has 5 nitrogen and oxygen atoms in total. The molecule has 17 heavy (non-hydrogen) atoms. The Labute approximate surface area is 101 Å². The number of rotatable bonds is 6. The summed E-state index contributed by atoms with van der Waals surface area (Å²) < 4.78 is 0. The lowest BCUT2D eigenvalue weighted by Crippen LogP contribution is -2.04. The monoisotopic (exact) mass is 231 g/mol. The number of benzene rings is 1. The van der Waals surface area contributed by atoms with Crippen LogP contribution in [0.15, 0.2) is 30.3 Å². The van der Waals surface area contributed by atoms with E-state index >= 15 is 0 Å². The Bertz CT molecular complexity index is 437. The molecular weight excluding hydrogens is 214 g/mol. The van der Waals surface area contributed by atoms with Crippen molar-refractivity contribution in [1.82, 2.24) is 20.2 Å². The largest absolute Gasteiger partial charge is 0.330 e. The fraction of sp³-hybridized carbons (Fsp3) is 0.417. The van der Waals surface area contributed by atoms with Gasteiger partial charge in [-0.2, -0.15) is 4.80 Å². The van der Waals surface area contributed by atoms with E-state index in [1.165, 1.54) is 0 Å². The molecule has 2 N–H and O–H groups in total. The number of hydrogen-bond donors (Lipinski definition) is 1. The minimum absolute atomic E-state index is 0.685. The van der Waals surface area contributed by atoms with Crippen LogP contribution in [-0.2, 0) is 6.54 Å². The predicted octanol–water partition coefficient (Wildman–Crippen LogP) is 1.47. The molecule has 2 aromatic rings. The Kier molecular flexibility index (Phi) is 4.21. The number of nitrogens with zero attached hydrogens (tertiary/aromatic N) is 4. The molecule has 0 spiro atoms. The lowest BCUT2D eigenvalue weighted by molar-refractivity contribution is 0.483. The van der Waals surface area contributed by atoms with Crippen LogP contribution in [0.5, 0.6) is 0 Å². The molecular formula is C12H17N5. The van der Waals surface area contributed by atoms with Gasteiger partial charge in [0.2, 0.25) is 5.82 Å². The zero-order valence-electron chi connectivity index (χ0n) is 9.79. The van der Waals surface area contributed by atoms with Crippen LogP contribution in [-0.4, -0.2) is 26.8 Å². The first-order valence-corrected chi connectivity index (χ1v) is 5.93. The standard InChI is InChI=1S/C12H17N5/c13-9-5-2-6-10-17-15-12(14-16-17)11-7-3-1-4-8-11/h1,3-4,7-8H,2,5-6,9-10,13H2. The fourth-order valence-corrected chi connectivity index (χ4v) is 1.62. The van der Waals surface area contributed by atoms with Gasteiger partial charge in [0.1, 0.15) is 0 Å². The van der Waals surface area contributed by atoms with Crippen molar-refractivity contribution in [2.45, 2.75) is 25.8 Å². The van der Waals surface area contributed by atoms with Crippen molar-refractivity contribution < 1.29 is 0 Å². The summed E-state index contributed by atoms with van der Waals surface area (Å²) in [5.41, 5.74) is 6.44.